The van der Waals surface area contributed by atoms with E-state index in [1.165, 1.54) is 36.0 Å². The fraction of sp³-hybridized carbons (Fsp3) is 0.120. The topological polar surface area (TPSA) is 119 Å². The second-order valence-corrected chi connectivity index (χ2v) is 10.3. The van der Waals surface area contributed by atoms with Gasteiger partial charge >= 0.3 is 0 Å². The molecule has 0 aliphatic heterocycles. The number of ether oxygens (including phenoxy) is 1. The molecule has 2 N–H and O–H groups in total. The molecule has 9 nitrogen and oxygen atoms in total. The molecule has 5 aromatic rings. The SMILES string of the molecule is CCOc1ccc(-c2csc3ncnc(Nc4ccc(S(=O)(=O)Nc5nccc(C)n5)cc4)c23)cc1. The van der Waals surface area contributed by atoms with E-state index in [2.05, 4.69) is 35.4 Å². The summed E-state index contributed by atoms with van der Waals surface area (Å²) in [6, 6.07) is 16.0. The summed E-state index contributed by atoms with van der Waals surface area (Å²) in [7, 11) is -3.83. The summed E-state index contributed by atoms with van der Waals surface area (Å²) in [6.07, 6.45) is 3.01. The third kappa shape index (κ3) is 4.97. The van der Waals surface area contributed by atoms with Gasteiger partial charge in [0.05, 0.1) is 16.9 Å². The van der Waals surface area contributed by atoms with E-state index in [1.807, 2.05) is 31.2 Å². The minimum Gasteiger partial charge on any atom is -0.494 e. The molecule has 3 aromatic heterocycles. The number of benzene rings is 2. The lowest BCUT2D eigenvalue weighted by molar-refractivity contribution is 0.340. The quantitative estimate of drug-likeness (QED) is 0.280. The summed E-state index contributed by atoms with van der Waals surface area (Å²) in [4.78, 5) is 17.9. The highest BCUT2D eigenvalue weighted by molar-refractivity contribution is 7.92. The van der Waals surface area contributed by atoms with Crippen LogP contribution in [0.25, 0.3) is 21.3 Å². The Hall–Kier alpha value is -4.09. The third-order valence-electron chi connectivity index (χ3n) is 5.29. The molecule has 0 saturated carbocycles. The lowest BCUT2D eigenvalue weighted by atomic mass is 10.1. The number of sulfonamides is 1. The summed E-state index contributed by atoms with van der Waals surface area (Å²) in [6.45, 7) is 4.32. The normalized spacial score (nSPS) is 11.4. The molecule has 0 aliphatic carbocycles. The van der Waals surface area contributed by atoms with Gasteiger partial charge in [-0.2, -0.15) is 0 Å². The van der Waals surface area contributed by atoms with Gasteiger partial charge in [-0.15, -0.1) is 11.3 Å². The molecular weight excluding hydrogens is 496 g/mol. The number of thiophene rings is 1. The number of nitrogens with zero attached hydrogens (tertiary/aromatic N) is 4. The van der Waals surface area contributed by atoms with Crippen molar-refractivity contribution in [1.29, 1.82) is 0 Å². The first-order chi connectivity index (χ1) is 17.4. The standard InChI is InChI=1S/C25H22N6O3S2/c1-3-34-19-8-4-17(5-9-19)21-14-35-24-22(21)23(27-15-28-24)30-18-6-10-20(11-7-18)36(32,33)31-25-26-13-12-16(2)29-25/h4-15H,3H2,1-2H3,(H,26,29,31)(H,27,28,30). The van der Waals surface area contributed by atoms with Gasteiger partial charge in [-0.3, -0.25) is 0 Å². The Morgan fingerprint density at radius 1 is 0.972 bits per heavy atom. The Morgan fingerprint density at radius 3 is 2.47 bits per heavy atom. The first-order valence-corrected chi connectivity index (χ1v) is 13.4. The van der Waals surface area contributed by atoms with Crippen LogP contribution in [0.15, 0.2) is 77.4 Å². The first kappa shape index (κ1) is 23.6. The predicted molar refractivity (Wildman–Crippen MR) is 141 cm³/mol. The van der Waals surface area contributed by atoms with Gasteiger partial charge in [0.2, 0.25) is 5.95 Å². The van der Waals surface area contributed by atoms with E-state index in [9.17, 15) is 8.42 Å². The van der Waals surface area contributed by atoms with E-state index in [0.29, 0.717) is 23.8 Å². The number of anilines is 3. The molecule has 0 atom stereocenters. The maximum atomic E-state index is 12.7. The van der Waals surface area contributed by atoms with Crippen LogP contribution >= 0.6 is 11.3 Å². The average molecular weight is 519 g/mol. The lowest BCUT2D eigenvalue weighted by Crippen LogP contribution is -2.15. The number of nitrogens with one attached hydrogen (secondary N) is 2. The highest BCUT2D eigenvalue weighted by Gasteiger charge is 2.17. The molecule has 0 fully saturated rings. The minimum atomic E-state index is -3.83. The van der Waals surface area contributed by atoms with Crippen LogP contribution in [-0.2, 0) is 10.0 Å². The molecule has 182 valence electrons. The Kier molecular flexibility index (Phi) is 6.49. The van der Waals surface area contributed by atoms with Crippen LogP contribution in [0.3, 0.4) is 0 Å². The molecule has 0 aliphatic rings. The van der Waals surface area contributed by atoms with Crippen molar-refractivity contribution < 1.29 is 13.2 Å². The second kappa shape index (κ2) is 9.88. The van der Waals surface area contributed by atoms with Crippen LogP contribution in [0.5, 0.6) is 5.75 Å². The molecule has 36 heavy (non-hydrogen) atoms. The molecule has 0 unspecified atom stereocenters. The van der Waals surface area contributed by atoms with Crippen molar-refractivity contribution in [2.45, 2.75) is 18.7 Å². The van der Waals surface area contributed by atoms with E-state index < -0.39 is 10.0 Å². The number of fused-ring (bicyclic) bond motifs is 1. The molecule has 0 bridgehead atoms. The molecule has 11 heteroatoms. The van der Waals surface area contributed by atoms with Crippen molar-refractivity contribution in [1.82, 2.24) is 19.9 Å². The van der Waals surface area contributed by atoms with Crippen LogP contribution in [-0.4, -0.2) is 35.0 Å². The van der Waals surface area contributed by atoms with Gasteiger partial charge in [0.1, 0.15) is 22.7 Å². The van der Waals surface area contributed by atoms with Crippen LogP contribution in [0.1, 0.15) is 12.6 Å². The highest BCUT2D eigenvalue weighted by atomic mass is 32.2. The molecule has 5 rings (SSSR count). The Labute approximate surface area is 212 Å². The van der Waals surface area contributed by atoms with Crippen molar-refractivity contribution in [2.75, 3.05) is 16.6 Å². The zero-order chi connectivity index (χ0) is 25.1. The zero-order valence-electron chi connectivity index (χ0n) is 19.5. The predicted octanol–water partition coefficient (Wildman–Crippen LogP) is 5.40. The molecule has 2 aromatic carbocycles. The number of aryl methyl sites for hydroxylation is 1. The smallest absolute Gasteiger partial charge is 0.264 e. The van der Waals surface area contributed by atoms with Gasteiger partial charge in [0.25, 0.3) is 10.0 Å². The average Bonchev–Trinajstić information content (AvgIpc) is 3.30. The van der Waals surface area contributed by atoms with E-state index in [4.69, 9.17) is 4.74 Å². The van der Waals surface area contributed by atoms with E-state index in [1.54, 1.807) is 25.1 Å². The number of hydrogen-bond acceptors (Lipinski definition) is 9. The van der Waals surface area contributed by atoms with E-state index in [-0.39, 0.29) is 10.8 Å². The Morgan fingerprint density at radius 2 is 1.75 bits per heavy atom. The van der Waals surface area contributed by atoms with Gasteiger partial charge < -0.3 is 10.1 Å². The molecule has 3 heterocycles. The maximum Gasteiger partial charge on any atom is 0.264 e. The maximum absolute atomic E-state index is 12.7. The number of rotatable bonds is 8. The zero-order valence-corrected chi connectivity index (χ0v) is 21.1. The summed E-state index contributed by atoms with van der Waals surface area (Å²) < 4.78 is 33.5. The van der Waals surface area contributed by atoms with Gasteiger partial charge in [-0.1, -0.05) is 12.1 Å². The van der Waals surface area contributed by atoms with E-state index in [0.717, 1.165) is 27.1 Å². The van der Waals surface area contributed by atoms with Gasteiger partial charge in [-0.25, -0.2) is 33.1 Å². The molecule has 0 spiro atoms. The fourth-order valence-corrected chi connectivity index (χ4v) is 5.48. The lowest BCUT2D eigenvalue weighted by Gasteiger charge is -2.11. The molecular formula is C25H22N6O3S2. The fourth-order valence-electron chi connectivity index (χ4n) is 3.61. The molecule has 0 amide bonds. The van der Waals surface area contributed by atoms with Crippen molar-refractivity contribution in [3.8, 4) is 16.9 Å². The second-order valence-electron chi connectivity index (χ2n) is 7.79. The monoisotopic (exact) mass is 518 g/mol. The van der Waals surface area contributed by atoms with Crippen molar-refractivity contribution in [3.63, 3.8) is 0 Å². The Balaban J connectivity index is 1.40. The summed E-state index contributed by atoms with van der Waals surface area (Å²) in [5, 5.41) is 6.24. The van der Waals surface area contributed by atoms with Crippen LogP contribution in [0, 0.1) is 6.92 Å². The molecule has 0 saturated heterocycles. The first-order valence-electron chi connectivity index (χ1n) is 11.1. The minimum absolute atomic E-state index is 0.0276. The Bertz CT molecular complexity index is 1620. The highest BCUT2D eigenvalue weighted by Crippen LogP contribution is 2.38. The number of hydrogen-bond donors (Lipinski definition) is 2. The van der Waals surface area contributed by atoms with Crippen molar-refractivity contribution >= 4 is 49.0 Å². The summed E-state index contributed by atoms with van der Waals surface area (Å²) in [5.74, 6) is 1.47. The van der Waals surface area contributed by atoms with Gasteiger partial charge in [0.15, 0.2) is 0 Å². The van der Waals surface area contributed by atoms with Gasteiger partial charge in [0, 0.05) is 28.5 Å². The van der Waals surface area contributed by atoms with E-state index >= 15 is 0 Å². The largest absolute Gasteiger partial charge is 0.494 e. The van der Waals surface area contributed by atoms with Crippen LogP contribution in [0.4, 0.5) is 17.5 Å². The van der Waals surface area contributed by atoms with Crippen molar-refractivity contribution in [2.24, 2.45) is 0 Å². The summed E-state index contributed by atoms with van der Waals surface area (Å²) >= 11 is 1.53. The van der Waals surface area contributed by atoms with Crippen LogP contribution in [0.2, 0.25) is 0 Å². The molecule has 0 radical (unpaired) electrons. The van der Waals surface area contributed by atoms with Gasteiger partial charge in [-0.05, 0) is 61.9 Å². The van der Waals surface area contributed by atoms with Crippen LogP contribution < -0.4 is 14.8 Å². The number of aromatic nitrogens is 4. The summed E-state index contributed by atoms with van der Waals surface area (Å²) in [5.41, 5.74) is 3.37. The third-order valence-corrected chi connectivity index (χ3v) is 7.52. The van der Waals surface area contributed by atoms with Crippen molar-refractivity contribution in [3.05, 3.63) is 78.2 Å².